The number of amides is 3. The van der Waals surface area contributed by atoms with Crippen LogP contribution >= 0.6 is 0 Å². The standard InChI is InChI=1S/C28H49N5O2/c1-5-11-22(6-2)31-28(35)32-26(21-12-8-7-9-13-21)27(34)33-17-10-14-24(33)23(18-20-15-16-20)25(30-4)19(3)29/h20-24,26H,3,5-18,29H2,1-2,4H3,(H2,31,32,35). The molecule has 3 amide bonds. The molecule has 2 saturated carbocycles. The molecule has 0 radical (unpaired) electrons. The first-order valence-electron chi connectivity index (χ1n) is 14.2. The van der Waals surface area contributed by atoms with Crippen LogP contribution in [0.2, 0.25) is 0 Å². The van der Waals surface area contributed by atoms with Gasteiger partial charge in [0.25, 0.3) is 0 Å². The fourth-order valence-electron chi connectivity index (χ4n) is 6.32. The number of nitrogens with one attached hydrogen (secondary N) is 2. The van der Waals surface area contributed by atoms with E-state index in [4.69, 9.17) is 5.73 Å². The van der Waals surface area contributed by atoms with Gasteiger partial charge in [-0.2, -0.15) is 0 Å². The van der Waals surface area contributed by atoms with Crippen molar-refractivity contribution in [1.29, 1.82) is 0 Å². The minimum Gasteiger partial charge on any atom is -0.398 e. The number of carbonyl (C=O) groups is 2. The molecule has 2 aliphatic carbocycles. The molecule has 1 saturated heterocycles. The van der Waals surface area contributed by atoms with Gasteiger partial charge in [-0.15, -0.1) is 0 Å². The van der Waals surface area contributed by atoms with E-state index in [1.165, 1.54) is 19.3 Å². The maximum absolute atomic E-state index is 14.1. The molecule has 35 heavy (non-hydrogen) atoms. The van der Waals surface area contributed by atoms with Crippen molar-refractivity contribution in [3.05, 3.63) is 12.3 Å². The van der Waals surface area contributed by atoms with E-state index in [2.05, 4.69) is 41.0 Å². The van der Waals surface area contributed by atoms with E-state index in [1.807, 2.05) is 0 Å². The smallest absolute Gasteiger partial charge is 0.315 e. The summed E-state index contributed by atoms with van der Waals surface area (Å²) in [5.74, 6) is 1.08. The Hall–Kier alpha value is -2.05. The van der Waals surface area contributed by atoms with Crippen LogP contribution in [0.5, 0.6) is 0 Å². The Morgan fingerprint density at radius 1 is 1.06 bits per heavy atom. The number of urea groups is 1. The molecular formula is C28H49N5O2. The third kappa shape index (κ3) is 7.47. The van der Waals surface area contributed by atoms with Crippen LogP contribution in [0.1, 0.15) is 97.3 Å². The van der Waals surface area contributed by atoms with Crippen molar-refractivity contribution in [3.63, 3.8) is 0 Å². The second-order valence-electron chi connectivity index (χ2n) is 11.0. The first kappa shape index (κ1) is 27.5. The number of nitrogens with zero attached hydrogens (tertiary/aromatic N) is 2. The van der Waals surface area contributed by atoms with Crippen LogP contribution < -0.4 is 16.4 Å². The van der Waals surface area contributed by atoms with E-state index in [9.17, 15) is 9.59 Å². The van der Waals surface area contributed by atoms with Gasteiger partial charge in [0.05, 0.1) is 5.71 Å². The summed E-state index contributed by atoms with van der Waals surface area (Å²) in [5.41, 5.74) is 7.53. The Morgan fingerprint density at radius 3 is 2.34 bits per heavy atom. The lowest BCUT2D eigenvalue weighted by atomic mass is 9.82. The van der Waals surface area contributed by atoms with Crippen molar-refractivity contribution < 1.29 is 9.59 Å². The largest absolute Gasteiger partial charge is 0.398 e. The summed E-state index contributed by atoms with van der Waals surface area (Å²) >= 11 is 0. The molecule has 0 aromatic carbocycles. The molecule has 198 valence electrons. The third-order valence-electron chi connectivity index (χ3n) is 8.39. The SMILES string of the molecule is C=C(N)C(=NC)C(CC1CC1)C1CCCN1C(=O)C(NC(=O)NC(CC)CCC)C1CCCCC1. The molecule has 4 atom stereocenters. The quantitative estimate of drug-likeness (QED) is 0.346. The fraction of sp³-hybridized carbons (Fsp3) is 0.821. The van der Waals surface area contributed by atoms with Gasteiger partial charge in [0.2, 0.25) is 5.91 Å². The number of hydrogen-bond acceptors (Lipinski definition) is 4. The Morgan fingerprint density at radius 2 is 1.77 bits per heavy atom. The molecule has 0 spiro atoms. The van der Waals surface area contributed by atoms with Gasteiger partial charge in [0.15, 0.2) is 0 Å². The molecule has 3 rings (SSSR count). The van der Waals surface area contributed by atoms with Crippen LogP contribution in [0, 0.1) is 17.8 Å². The van der Waals surface area contributed by atoms with Gasteiger partial charge >= 0.3 is 6.03 Å². The number of carbonyl (C=O) groups excluding carboxylic acids is 2. The van der Waals surface area contributed by atoms with E-state index >= 15 is 0 Å². The van der Waals surface area contributed by atoms with Crippen molar-refractivity contribution in [3.8, 4) is 0 Å². The maximum Gasteiger partial charge on any atom is 0.315 e. The molecule has 3 aliphatic rings. The lowest BCUT2D eigenvalue weighted by Crippen LogP contribution is -2.57. The molecule has 3 fully saturated rings. The Bertz CT molecular complexity index is 756. The zero-order chi connectivity index (χ0) is 25.4. The molecular weight excluding hydrogens is 438 g/mol. The Balaban J connectivity index is 1.80. The topological polar surface area (TPSA) is 99.8 Å². The summed E-state index contributed by atoms with van der Waals surface area (Å²) < 4.78 is 0. The highest BCUT2D eigenvalue weighted by molar-refractivity contribution is 6.01. The van der Waals surface area contributed by atoms with Crippen molar-refractivity contribution in [2.75, 3.05) is 13.6 Å². The maximum atomic E-state index is 14.1. The number of likely N-dealkylation sites (tertiary alicyclic amines) is 1. The van der Waals surface area contributed by atoms with Crippen LogP contribution in [0.3, 0.4) is 0 Å². The van der Waals surface area contributed by atoms with Gasteiger partial charge in [0.1, 0.15) is 6.04 Å². The summed E-state index contributed by atoms with van der Waals surface area (Å²) in [6.45, 7) is 8.95. The molecule has 7 nitrogen and oxygen atoms in total. The zero-order valence-corrected chi connectivity index (χ0v) is 22.4. The molecule has 0 aromatic rings. The van der Waals surface area contributed by atoms with Crippen LogP contribution in [0.4, 0.5) is 4.79 Å². The fourth-order valence-corrected chi connectivity index (χ4v) is 6.32. The number of aliphatic imine (C=N–C) groups is 1. The third-order valence-corrected chi connectivity index (χ3v) is 8.39. The summed E-state index contributed by atoms with van der Waals surface area (Å²) in [4.78, 5) is 33.8. The van der Waals surface area contributed by atoms with Crippen molar-refractivity contribution in [2.45, 2.75) is 115 Å². The molecule has 1 aliphatic heterocycles. The second-order valence-corrected chi connectivity index (χ2v) is 11.0. The molecule has 0 aromatic heterocycles. The molecule has 1 heterocycles. The summed E-state index contributed by atoms with van der Waals surface area (Å²) in [6, 6.07) is -0.463. The van der Waals surface area contributed by atoms with Crippen LogP contribution in [0.15, 0.2) is 17.3 Å². The number of allylic oxidation sites excluding steroid dienone is 1. The first-order chi connectivity index (χ1) is 16.9. The van der Waals surface area contributed by atoms with Crippen molar-refractivity contribution in [2.24, 2.45) is 28.5 Å². The average molecular weight is 488 g/mol. The Labute approximate surface area is 212 Å². The van der Waals surface area contributed by atoms with E-state index < -0.39 is 6.04 Å². The van der Waals surface area contributed by atoms with E-state index in [0.717, 1.165) is 76.5 Å². The van der Waals surface area contributed by atoms with Gasteiger partial charge in [-0.25, -0.2) is 4.79 Å². The first-order valence-corrected chi connectivity index (χ1v) is 14.2. The summed E-state index contributed by atoms with van der Waals surface area (Å²) in [6.07, 6.45) is 13.7. The van der Waals surface area contributed by atoms with Crippen LogP contribution in [-0.4, -0.2) is 54.3 Å². The minimum atomic E-state index is -0.472. The lowest BCUT2D eigenvalue weighted by Gasteiger charge is -2.38. The number of nitrogens with two attached hydrogens (primary N) is 1. The van der Waals surface area contributed by atoms with Crippen molar-refractivity contribution in [1.82, 2.24) is 15.5 Å². The normalized spacial score (nSPS) is 24.0. The summed E-state index contributed by atoms with van der Waals surface area (Å²) in [7, 11) is 1.78. The highest BCUT2D eigenvalue weighted by atomic mass is 16.2. The highest BCUT2D eigenvalue weighted by Gasteiger charge is 2.43. The van der Waals surface area contributed by atoms with Gasteiger partial charge in [-0.05, 0) is 56.8 Å². The second kappa shape index (κ2) is 13.3. The molecule has 4 unspecified atom stereocenters. The zero-order valence-electron chi connectivity index (χ0n) is 22.4. The summed E-state index contributed by atoms with van der Waals surface area (Å²) in [5, 5.41) is 6.28. The van der Waals surface area contributed by atoms with Gasteiger partial charge in [0, 0.05) is 37.3 Å². The predicted octanol–water partition coefficient (Wildman–Crippen LogP) is 4.76. The van der Waals surface area contributed by atoms with Crippen LogP contribution in [-0.2, 0) is 4.79 Å². The number of rotatable bonds is 12. The molecule has 4 N–H and O–H groups in total. The van der Waals surface area contributed by atoms with Crippen molar-refractivity contribution >= 4 is 17.6 Å². The predicted molar refractivity (Wildman–Crippen MR) is 143 cm³/mol. The van der Waals surface area contributed by atoms with E-state index in [-0.39, 0.29) is 35.9 Å². The lowest BCUT2D eigenvalue weighted by molar-refractivity contribution is -0.136. The molecule has 0 bridgehead atoms. The van der Waals surface area contributed by atoms with Gasteiger partial charge < -0.3 is 21.3 Å². The van der Waals surface area contributed by atoms with E-state index in [0.29, 0.717) is 11.6 Å². The monoisotopic (exact) mass is 487 g/mol. The minimum absolute atomic E-state index is 0.0709. The van der Waals surface area contributed by atoms with Gasteiger partial charge in [-0.3, -0.25) is 9.79 Å². The Kier molecular flexibility index (Phi) is 10.5. The van der Waals surface area contributed by atoms with Gasteiger partial charge in [-0.1, -0.05) is 59.0 Å². The van der Waals surface area contributed by atoms with E-state index in [1.54, 1.807) is 7.05 Å². The van der Waals surface area contributed by atoms with Crippen LogP contribution in [0.25, 0.3) is 0 Å². The molecule has 7 heteroatoms. The number of hydrogen-bond donors (Lipinski definition) is 3. The average Bonchev–Trinajstić information content (AvgIpc) is 3.54. The highest BCUT2D eigenvalue weighted by Crippen LogP contribution is 2.40.